The lowest BCUT2D eigenvalue weighted by atomic mass is 10.2. The molecule has 8 heteroatoms. The Bertz CT molecular complexity index is 678. The van der Waals surface area contributed by atoms with E-state index in [9.17, 15) is 4.79 Å². The first-order valence-corrected chi connectivity index (χ1v) is 12.0. The molecular formula is C24H41IN6O. The number of amides is 1. The van der Waals surface area contributed by atoms with E-state index in [1.54, 1.807) is 0 Å². The molecule has 2 saturated heterocycles. The second-order valence-electron chi connectivity index (χ2n) is 8.48. The summed E-state index contributed by atoms with van der Waals surface area (Å²) in [5.41, 5.74) is 1.41. The molecule has 2 aliphatic rings. The van der Waals surface area contributed by atoms with Gasteiger partial charge in [-0.05, 0) is 38.3 Å². The van der Waals surface area contributed by atoms with Crippen LogP contribution in [0.2, 0.25) is 0 Å². The highest BCUT2D eigenvalue weighted by molar-refractivity contribution is 14.0. The van der Waals surface area contributed by atoms with Crippen molar-refractivity contribution in [2.75, 3.05) is 65.4 Å². The van der Waals surface area contributed by atoms with Crippen molar-refractivity contribution in [3.05, 3.63) is 35.9 Å². The summed E-state index contributed by atoms with van der Waals surface area (Å²) in [5.74, 6) is 1.19. The largest absolute Gasteiger partial charge is 0.357 e. The Kier molecular flexibility index (Phi) is 13.0. The second kappa shape index (κ2) is 15.4. The number of halogens is 1. The van der Waals surface area contributed by atoms with Crippen LogP contribution in [0.4, 0.5) is 0 Å². The molecule has 180 valence electrons. The number of nitrogens with zero attached hydrogens (tertiary/aromatic N) is 4. The summed E-state index contributed by atoms with van der Waals surface area (Å²) in [6, 6.07) is 10.8. The van der Waals surface area contributed by atoms with Crippen LogP contribution in [0, 0.1) is 0 Å². The monoisotopic (exact) mass is 556 g/mol. The van der Waals surface area contributed by atoms with Gasteiger partial charge in [-0.2, -0.15) is 0 Å². The van der Waals surface area contributed by atoms with E-state index in [0.29, 0.717) is 5.91 Å². The highest BCUT2D eigenvalue weighted by Crippen LogP contribution is 2.10. The zero-order valence-electron chi connectivity index (χ0n) is 19.6. The van der Waals surface area contributed by atoms with E-state index in [-0.39, 0.29) is 24.0 Å². The third-order valence-corrected chi connectivity index (χ3v) is 6.03. The first kappa shape index (κ1) is 26.9. The lowest BCUT2D eigenvalue weighted by molar-refractivity contribution is -0.127. The first-order chi connectivity index (χ1) is 15.2. The molecule has 1 amide bonds. The van der Waals surface area contributed by atoms with Crippen LogP contribution in [-0.4, -0.2) is 92.0 Å². The smallest absolute Gasteiger partial charge is 0.222 e. The number of piperazine rings is 1. The molecule has 0 bridgehead atoms. The highest BCUT2D eigenvalue weighted by atomic mass is 127. The lowest BCUT2D eigenvalue weighted by Gasteiger charge is -2.34. The molecule has 0 radical (unpaired) electrons. The van der Waals surface area contributed by atoms with E-state index in [0.717, 1.165) is 104 Å². The van der Waals surface area contributed by atoms with Gasteiger partial charge < -0.3 is 20.4 Å². The Morgan fingerprint density at radius 1 is 0.969 bits per heavy atom. The molecule has 1 aromatic rings. The van der Waals surface area contributed by atoms with Crippen LogP contribution in [0.15, 0.2) is 35.3 Å². The molecule has 2 heterocycles. The number of hydrogen-bond donors (Lipinski definition) is 2. The average molecular weight is 557 g/mol. The SMILES string of the molecule is CCNC(=NCCCN1CCCC1=O)NCCCN1CCN(Cc2ccccc2)CC1.I. The van der Waals surface area contributed by atoms with Gasteiger partial charge in [0.15, 0.2) is 5.96 Å². The van der Waals surface area contributed by atoms with Gasteiger partial charge in [-0.3, -0.25) is 14.7 Å². The van der Waals surface area contributed by atoms with E-state index in [1.807, 2.05) is 4.90 Å². The molecule has 1 aromatic carbocycles. The fourth-order valence-corrected chi connectivity index (χ4v) is 4.26. The average Bonchev–Trinajstić information content (AvgIpc) is 3.20. The summed E-state index contributed by atoms with van der Waals surface area (Å²) in [6.45, 7) is 13.2. The predicted octanol–water partition coefficient (Wildman–Crippen LogP) is 2.38. The molecule has 0 atom stereocenters. The van der Waals surface area contributed by atoms with Crippen molar-refractivity contribution >= 4 is 35.8 Å². The van der Waals surface area contributed by atoms with E-state index in [2.05, 4.69) is 62.7 Å². The molecule has 0 aromatic heterocycles. The standard InChI is InChI=1S/C24H40N6O.HI/c1-2-25-24(27-13-8-16-30-15-6-11-23(30)31)26-12-7-14-28-17-19-29(20-18-28)21-22-9-4-3-5-10-22;/h3-5,9-10H,2,6-8,11-21H2,1H3,(H2,25,26,27);1H. The summed E-state index contributed by atoms with van der Waals surface area (Å²) < 4.78 is 0. The maximum Gasteiger partial charge on any atom is 0.222 e. The molecule has 2 aliphatic heterocycles. The fraction of sp³-hybridized carbons (Fsp3) is 0.667. The number of nitrogens with one attached hydrogen (secondary N) is 2. The van der Waals surface area contributed by atoms with Gasteiger partial charge in [0.25, 0.3) is 0 Å². The maximum absolute atomic E-state index is 11.7. The fourth-order valence-electron chi connectivity index (χ4n) is 4.26. The van der Waals surface area contributed by atoms with Crippen molar-refractivity contribution in [3.8, 4) is 0 Å². The minimum Gasteiger partial charge on any atom is -0.357 e. The normalized spacial score (nSPS) is 18.0. The number of carbonyl (C=O) groups excluding carboxylic acids is 1. The first-order valence-electron chi connectivity index (χ1n) is 12.0. The van der Waals surface area contributed by atoms with Crippen LogP contribution in [0.5, 0.6) is 0 Å². The van der Waals surface area contributed by atoms with Crippen molar-refractivity contribution in [1.29, 1.82) is 0 Å². The summed E-state index contributed by atoms with van der Waals surface area (Å²) in [7, 11) is 0. The molecule has 2 fully saturated rings. The number of guanidine groups is 1. The molecule has 0 unspecified atom stereocenters. The van der Waals surface area contributed by atoms with Crippen LogP contribution in [0.25, 0.3) is 0 Å². The van der Waals surface area contributed by atoms with E-state index in [1.165, 1.54) is 5.56 Å². The van der Waals surface area contributed by atoms with Gasteiger partial charge in [-0.15, -0.1) is 24.0 Å². The van der Waals surface area contributed by atoms with Crippen LogP contribution in [-0.2, 0) is 11.3 Å². The van der Waals surface area contributed by atoms with E-state index >= 15 is 0 Å². The van der Waals surface area contributed by atoms with Crippen LogP contribution < -0.4 is 10.6 Å². The Balaban J connectivity index is 0.00000363. The number of carbonyl (C=O) groups is 1. The quantitative estimate of drug-likeness (QED) is 0.190. The van der Waals surface area contributed by atoms with Gasteiger partial charge in [-0.1, -0.05) is 30.3 Å². The molecule has 32 heavy (non-hydrogen) atoms. The minimum atomic E-state index is 0. The highest BCUT2D eigenvalue weighted by Gasteiger charge is 2.19. The van der Waals surface area contributed by atoms with Crippen molar-refractivity contribution in [2.45, 2.75) is 39.2 Å². The number of aliphatic imine (C=N–C) groups is 1. The Morgan fingerprint density at radius 2 is 1.72 bits per heavy atom. The molecule has 2 N–H and O–H groups in total. The minimum absolute atomic E-state index is 0. The molecule has 0 aliphatic carbocycles. The topological polar surface area (TPSA) is 63.2 Å². The van der Waals surface area contributed by atoms with E-state index < -0.39 is 0 Å². The van der Waals surface area contributed by atoms with Gasteiger partial charge in [-0.25, -0.2) is 0 Å². The summed E-state index contributed by atoms with van der Waals surface area (Å²) >= 11 is 0. The van der Waals surface area contributed by atoms with Gasteiger partial charge >= 0.3 is 0 Å². The van der Waals surface area contributed by atoms with E-state index in [4.69, 9.17) is 0 Å². The maximum atomic E-state index is 11.7. The van der Waals surface area contributed by atoms with Crippen molar-refractivity contribution in [3.63, 3.8) is 0 Å². The van der Waals surface area contributed by atoms with Crippen LogP contribution >= 0.6 is 24.0 Å². The number of rotatable bonds is 11. The number of likely N-dealkylation sites (tertiary alicyclic amines) is 1. The zero-order chi connectivity index (χ0) is 21.7. The zero-order valence-corrected chi connectivity index (χ0v) is 21.9. The van der Waals surface area contributed by atoms with Gasteiger partial charge in [0.1, 0.15) is 0 Å². The summed E-state index contributed by atoms with van der Waals surface area (Å²) in [4.78, 5) is 23.4. The molecule has 0 spiro atoms. The Hall–Kier alpha value is -1.39. The predicted molar refractivity (Wildman–Crippen MR) is 143 cm³/mol. The molecular weight excluding hydrogens is 515 g/mol. The number of hydrogen-bond acceptors (Lipinski definition) is 4. The van der Waals surface area contributed by atoms with Gasteiger partial charge in [0.05, 0.1) is 0 Å². The third kappa shape index (κ3) is 9.62. The molecule has 3 rings (SSSR count). The van der Waals surface area contributed by atoms with Crippen LogP contribution in [0.1, 0.15) is 38.2 Å². The third-order valence-electron chi connectivity index (χ3n) is 6.03. The Morgan fingerprint density at radius 3 is 2.41 bits per heavy atom. The summed E-state index contributed by atoms with van der Waals surface area (Å²) in [5, 5.41) is 6.79. The Labute approximate surface area is 211 Å². The van der Waals surface area contributed by atoms with Gasteiger partial charge in [0.2, 0.25) is 5.91 Å². The van der Waals surface area contributed by atoms with Crippen molar-refractivity contribution < 1.29 is 4.79 Å². The van der Waals surface area contributed by atoms with Gasteiger partial charge in [0, 0.05) is 71.9 Å². The lowest BCUT2D eigenvalue weighted by Crippen LogP contribution is -2.46. The summed E-state index contributed by atoms with van der Waals surface area (Å²) in [6.07, 6.45) is 3.77. The van der Waals surface area contributed by atoms with Crippen LogP contribution in [0.3, 0.4) is 0 Å². The van der Waals surface area contributed by atoms with Crippen molar-refractivity contribution in [1.82, 2.24) is 25.3 Å². The molecule has 0 saturated carbocycles. The molecule has 7 nitrogen and oxygen atoms in total. The van der Waals surface area contributed by atoms with Crippen molar-refractivity contribution in [2.24, 2.45) is 4.99 Å². The number of benzene rings is 1. The second-order valence-corrected chi connectivity index (χ2v) is 8.48.